The van der Waals surface area contributed by atoms with E-state index in [1.165, 1.54) is 0 Å². The minimum absolute atomic E-state index is 0.0624. The van der Waals surface area contributed by atoms with Gasteiger partial charge in [0.05, 0.1) is 18.8 Å². The Morgan fingerprint density at radius 3 is 2.69 bits per heavy atom. The van der Waals surface area contributed by atoms with Gasteiger partial charge in [0.15, 0.2) is 0 Å². The van der Waals surface area contributed by atoms with Gasteiger partial charge in [0.1, 0.15) is 14.0 Å². The molecule has 8 heteroatoms. The first-order valence-electron chi connectivity index (χ1n) is 5.04. The highest BCUT2D eigenvalue weighted by atomic mass is 32.5. The summed E-state index contributed by atoms with van der Waals surface area (Å²) in [5, 5.41) is 0. The van der Waals surface area contributed by atoms with Crippen molar-refractivity contribution in [2.45, 2.75) is 44.6 Å². The lowest BCUT2D eigenvalue weighted by Crippen LogP contribution is -2.29. The van der Waals surface area contributed by atoms with Crippen molar-refractivity contribution in [3.63, 3.8) is 0 Å². The van der Waals surface area contributed by atoms with Crippen LogP contribution in [0.1, 0.15) is 20.3 Å². The average Bonchev–Trinajstić information content (AvgIpc) is 2.39. The van der Waals surface area contributed by atoms with Crippen LogP contribution in [-0.4, -0.2) is 48.6 Å². The maximum atomic E-state index is 9.08. The van der Waals surface area contributed by atoms with Gasteiger partial charge >= 0.3 is 6.72 Å². The van der Waals surface area contributed by atoms with Crippen LogP contribution in [0.4, 0.5) is 0 Å². The van der Waals surface area contributed by atoms with Crippen molar-refractivity contribution in [2.24, 2.45) is 0 Å². The Morgan fingerprint density at radius 2 is 2.19 bits per heavy atom. The van der Waals surface area contributed by atoms with Crippen molar-refractivity contribution in [2.75, 3.05) is 6.61 Å². The van der Waals surface area contributed by atoms with Gasteiger partial charge in [-0.2, -0.15) is 0 Å². The summed E-state index contributed by atoms with van der Waals surface area (Å²) in [5.74, 6) is 0. The number of ether oxygens (including phenoxy) is 2. The van der Waals surface area contributed by atoms with Crippen LogP contribution in [0.5, 0.6) is 0 Å². The van der Waals surface area contributed by atoms with Crippen molar-refractivity contribution in [3.8, 4) is 0 Å². The monoisotopic (exact) mass is 266 g/mol. The van der Waals surface area contributed by atoms with Crippen LogP contribution in [0.2, 0.25) is 0 Å². The van der Waals surface area contributed by atoms with Gasteiger partial charge in [-0.3, -0.25) is 0 Å². The second kappa shape index (κ2) is 5.91. The third kappa shape index (κ3) is 5.23. The molecule has 0 aromatic rings. The van der Waals surface area contributed by atoms with E-state index in [1.807, 2.05) is 13.8 Å². The van der Waals surface area contributed by atoms with Crippen molar-refractivity contribution in [1.82, 2.24) is 0 Å². The summed E-state index contributed by atoms with van der Waals surface area (Å²) in [6.07, 6.45) is -0.480. The summed E-state index contributed by atoms with van der Waals surface area (Å²) < 4.78 is 15.7. The van der Waals surface area contributed by atoms with Gasteiger partial charge in [-0.15, -0.1) is 0 Å². The molecule has 1 fully saturated rings. The molecular weight excluding hydrogens is 250 g/mol. The standard InChI is InChI=1S/C8H16BO5PS/c1-5(2)12-4-7-6(3-8(9)13-7)14-15(10,11)16/h5-8H,3-4H2,1-2H3,(H2,10,11,16)/t6?,7-,8-/m1/s1. The first-order chi connectivity index (χ1) is 7.28. The Morgan fingerprint density at radius 1 is 1.56 bits per heavy atom. The predicted octanol–water partition coefficient (Wildman–Crippen LogP) is 0.289. The Kier molecular flexibility index (Phi) is 5.39. The molecule has 1 rings (SSSR count). The van der Waals surface area contributed by atoms with Crippen LogP contribution in [0, 0.1) is 0 Å². The molecule has 0 bridgehead atoms. The fourth-order valence-corrected chi connectivity index (χ4v) is 2.38. The molecule has 1 unspecified atom stereocenters. The molecule has 1 saturated heterocycles. The molecule has 92 valence electrons. The molecule has 0 aromatic carbocycles. The molecule has 0 spiro atoms. The maximum absolute atomic E-state index is 9.08. The van der Waals surface area contributed by atoms with E-state index in [1.54, 1.807) is 0 Å². The van der Waals surface area contributed by atoms with Gasteiger partial charge in [0, 0.05) is 6.00 Å². The van der Waals surface area contributed by atoms with Crippen molar-refractivity contribution < 1.29 is 23.8 Å². The molecule has 3 atom stereocenters. The minimum atomic E-state index is -3.68. The first-order valence-corrected chi connectivity index (χ1v) is 7.67. The van der Waals surface area contributed by atoms with Gasteiger partial charge in [0.25, 0.3) is 0 Å². The van der Waals surface area contributed by atoms with Crippen LogP contribution in [0.3, 0.4) is 0 Å². The molecular formula is C8H16BO5PS. The third-order valence-corrected chi connectivity index (χ3v) is 2.90. The number of rotatable bonds is 5. The zero-order valence-electron chi connectivity index (χ0n) is 9.28. The minimum Gasteiger partial charge on any atom is -0.380 e. The van der Waals surface area contributed by atoms with E-state index in [9.17, 15) is 0 Å². The van der Waals surface area contributed by atoms with Crippen LogP contribution >= 0.6 is 6.72 Å². The molecule has 0 aromatic heterocycles. The van der Waals surface area contributed by atoms with E-state index in [-0.39, 0.29) is 6.10 Å². The SMILES string of the molecule is [B][C@H]1CC(OP(O)(O)=S)[C@@H](COC(C)C)O1. The Hall–Kier alpha value is 0.515. The Balaban J connectivity index is 2.49. The topological polar surface area (TPSA) is 68.2 Å². The van der Waals surface area contributed by atoms with Crippen molar-refractivity contribution in [1.29, 1.82) is 0 Å². The fourth-order valence-electron chi connectivity index (χ4n) is 1.47. The summed E-state index contributed by atoms with van der Waals surface area (Å²) >= 11 is 4.41. The van der Waals surface area contributed by atoms with Crippen LogP contribution in [-0.2, 0) is 25.8 Å². The summed E-state index contributed by atoms with van der Waals surface area (Å²) in [6.45, 7) is 0.405. The molecule has 1 aliphatic heterocycles. The highest BCUT2D eigenvalue weighted by Crippen LogP contribution is 2.41. The zero-order chi connectivity index (χ0) is 12.3. The normalized spacial score (nSPS) is 31.2. The van der Waals surface area contributed by atoms with Gasteiger partial charge in [-0.25, -0.2) is 0 Å². The van der Waals surface area contributed by atoms with Crippen molar-refractivity contribution in [3.05, 3.63) is 0 Å². The molecule has 1 heterocycles. The summed E-state index contributed by atoms with van der Waals surface area (Å²) in [5.41, 5.74) is 0. The van der Waals surface area contributed by atoms with E-state index in [0.717, 1.165) is 0 Å². The average molecular weight is 266 g/mol. The van der Waals surface area contributed by atoms with Gasteiger partial charge in [0.2, 0.25) is 0 Å². The molecule has 1 aliphatic rings. The second-order valence-electron chi connectivity index (χ2n) is 3.97. The van der Waals surface area contributed by atoms with E-state index in [0.29, 0.717) is 13.0 Å². The highest BCUT2D eigenvalue weighted by Gasteiger charge is 2.36. The smallest absolute Gasteiger partial charge is 0.322 e. The highest BCUT2D eigenvalue weighted by molar-refractivity contribution is 8.06. The summed E-state index contributed by atoms with van der Waals surface area (Å²) in [7, 11) is 5.60. The molecule has 5 nitrogen and oxygen atoms in total. The lowest BCUT2D eigenvalue weighted by molar-refractivity contribution is -0.0433. The second-order valence-corrected chi connectivity index (χ2v) is 6.58. The largest absolute Gasteiger partial charge is 0.380 e. The number of hydrogen-bond donors (Lipinski definition) is 2. The molecule has 16 heavy (non-hydrogen) atoms. The van der Waals surface area contributed by atoms with Crippen molar-refractivity contribution >= 4 is 26.4 Å². The van der Waals surface area contributed by atoms with E-state index in [4.69, 9.17) is 31.6 Å². The molecule has 0 aliphatic carbocycles. The molecule has 2 radical (unpaired) electrons. The van der Waals surface area contributed by atoms with Gasteiger partial charge < -0.3 is 23.8 Å². The van der Waals surface area contributed by atoms with Crippen LogP contribution < -0.4 is 0 Å². The third-order valence-electron chi connectivity index (χ3n) is 2.10. The fraction of sp³-hybridized carbons (Fsp3) is 1.00. The molecule has 0 amide bonds. The summed E-state index contributed by atoms with van der Waals surface area (Å²) in [6, 6.07) is -0.479. The molecule has 2 N–H and O–H groups in total. The van der Waals surface area contributed by atoms with Gasteiger partial charge in [-0.1, -0.05) is 0 Å². The Bertz CT molecular complexity index is 271. The van der Waals surface area contributed by atoms with Crippen LogP contribution in [0.25, 0.3) is 0 Å². The molecule has 0 saturated carbocycles. The Labute approximate surface area is 102 Å². The van der Waals surface area contributed by atoms with Crippen LogP contribution in [0.15, 0.2) is 0 Å². The maximum Gasteiger partial charge on any atom is 0.322 e. The number of hydrogen-bond acceptors (Lipinski definition) is 4. The first kappa shape index (κ1) is 14.6. The lowest BCUT2D eigenvalue weighted by Gasteiger charge is -2.21. The lowest BCUT2D eigenvalue weighted by atomic mass is 9.96. The van der Waals surface area contributed by atoms with E-state index in [2.05, 4.69) is 11.8 Å². The van der Waals surface area contributed by atoms with E-state index < -0.39 is 24.9 Å². The van der Waals surface area contributed by atoms with E-state index >= 15 is 0 Å². The quantitative estimate of drug-likeness (QED) is 0.550. The van der Waals surface area contributed by atoms with Gasteiger partial charge in [-0.05, 0) is 32.1 Å². The zero-order valence-corrected chi connectivity index (χ0v) is 11.0. The predicted molar refractivity (Wildman–Crippen MR) is 63.7 cm³/mol. The summed E-state index contributed by atoms with van der Waals surface area (Å²) in [4.78, 5) is 18.2.